The lowest BCUT2D eigenvalue weighted by Crippen LogP contribution is -2.20. The van der Waals surface area contributed by atoms with E-state index in [1.54, 1.807) is 31.4 Å². The SMILES string of the molecule is COc1ccc(C)c(NC(=O)Nc2ccc(Cl)cc2Cl)c1. The summed E-state index contributed by atoms with van der Waals surface area (Å²) < 4.78 is 5.13. The van der Waals surface area contributed by atoms with Gasteiger partial charge in [-0.05, 0) is 36.8 Å². The van der Waals surface area contributed by atoms with Gasteiger partial charge >= 0.3 is 6.03 Å². The average Bonchev–Trinajstić information content (AvgIpc) is 2.44. The molecule has 0 aromatic heterocycles. The van der Waals surface area contributed by atoms with Gasteiger partial charge in [0.25, 0.3) is 0 Å². The lowest BCUT2D eigenvalue weighted by molar-refractivity contribution is 0.262. The van der Waals surface area contributed by atoms with Crippen LogP contribution in [0.3, 0.4) is 0 Å². The molecule has 6 heteroatoms. The zero-order valence-electron chi connectivity index (χ0n) is 11.5. The number of nitrogens with one attached hydrogen (secondary N) is 2. The molecule has 4 nitrogen and oxygen atoms in total. The number of rotatable bonds is 3. The molecule has 0 spiro atoms. The number of carbonyl (C=O) groups is 1. The van der Waals surface area contributed by atoms with Crippen molar-refractivity contribution in [1.82, 2.24) is 0 Å². The number of anilines is 2. The number of amides is 2. The quantitative estimate of drug-likeness (QED) is 0.838. The number of hydrogen-bond donors (Lipinski definition) is 2. The number of methoxy groups -OCH3 is 1. The van der Waals surface area contributed by atoms with E-state index in [0.29, 0.717) is 27.2 Å². The van der Waals surface area contributed by atoms with Crippen molar-refractivity contribution in [2.45, 2.75) is 6.92 Å². The first-order chi connectivity index (χ1) is 9.99. The molecule has 0 saturated heterocycles. The number of hydrogen-bond acceptors (Lipinski definition) is 2. The van der Waals surface area contributed by atoms with Crippen LogP contribution in [0.4, 0.5) is 16.2 Å². The number of halogens is 2. The maximum Gasteiger partial charge on any atom is 0.323 e. The lowest BCUT2D eigenvalue weighted by atomic mass is 10.2. The fourth-order valence-corrected chi connectivity index (χ4v) is 2.19. The van der Waals surface area contributed by atoms with Crippen LogP contribution in [0.15, 0.2) is 36.4 Å². The summed E-state index contributed by atoms with van der Waals surface area (Å²) in [6.45, 7) is 1.89. The van der Waals surface area contributed by atoms with Crippen LogP contribution in [0.5, 0.6) is 5.75 Å². The van der Waals surface area contributed by atoms with Gasteiger partial charge < -0.3 is 15.4 Å². The van der Waals surface area contributed by atoms with Crippen molar-refractivity contribution in [3.63, 3.8) is 0 Å². The first kappa shape index (κ1) is 15.5. The first-order valence-corrected chi connectivity index (χ1v) is 6.93. The highest BCUT2D eigenvalue weighted by molar-refractivity contribution is 6.36. The summed E-state index contributed by atoms with van der Waals surface area (Å²) in [4.78, 5) is 12.0. The standard InChI is InChI=1S/C15H14Cl2N2O2/c1-9-3-5-11(21-2)8-14(9)19-15(20)18-13-6-4-10(16)7-12(13)17/h3-8H,1-2H3,(H2,18,19,20). The van der Waals surface area contributed by atoms with Crippen LogP contribution in [0.2, 0.25) is 10.0 Å². The van der Waals surface area contributed by atoms with Crippen molar-refractivity contribution < 1.29 is 9.53 Å². The molecule has 2 aromatic rings. The van der Waals surface area contributed by atoms with Crippen LogP contribution in [0.1, 0.15) is 5.56 Å². The molecule has 2 aromatic carbocycles. The maximum absolute atomic E-state index is 12.0. The number of carbonyl (C=O) groups excluding carboxylic acids is 1. The molecule has 0 aliphatic carbocycles. The molecule has 0 aliphatic rings. The highest BCUT2D eigenvalue weighted by atomic mass is 35.5. The summed E-state index contributed by atoms with van der Waals surface area (Å²) >= 11 is 11.8. The zero-order chi connectivity index (χ0) is 15.4. The van der Waals surface area contributed by atoms with Crippen LogP contribution in [0.25, 0.3) is 0 Å². The van der Waals surface area contributed by atoms with Crippen molar-refractivity contribution in [3.8, 4) is 5.75 Å². The van der Waals surface area contributed by atoms with E-state index in [2.05, 4.69) is 10.6 Å². The largest absolute Gasteiger partial charge is 0.497 e. The molecule has 2 N–H and O–H groups in total. The van der Waals surface area contributed by atoms with Crippen molar-refractivity contribution in [2.24, 2.45) is 0 Å². The van der Waals surface area contributed by atoms with Gasteiger partial charge in [-0.2, -0.15) is 0 Å². The lowest BCUT2D eigenvalue weighted by Gasteiger charge is -2.12. The second-order valence-electron chi connectivity index (χ2n) is 4.38. The maximum atomic E-state index is 12.0. The molecule has 2 amide bonds. The normalized spacial score (nSPS) is 10.1. The highest BCUT2D eigenvalue weighted by Crippen LogP contribution is 2.26. The average molecular weight is 325 g/mol. The van der Waals surface area contributed by atoms with Crippen molar-refractivity contribution >= 4 is 40.6 Å². The Labute approximate surface area is 133 Å². The van der Waals surface area contributed by atoms with Crippen LogP contribution in [-0.4, -0.2) is 13.1 Å². The van der Waals surface area contributed by atoms with Crippen molar-refractivity contribution in [2.75, 3.05) is 17.7 Å². The number of aryl methyl sites for hydroxylation is 1. The Balaban J connectivity index is 2.11. The minimum absolute atomic E-state index is 0.375. The van der Waals surface area contributed by atoms with Crippen molar-refractivity contribution in [1.29, 1.82) is 0 Å². The van der Waals surface area contributed by atoms with Crippen LogP contribution in [-0.2, 0) is 0 Å². The molecular formula is C15H14Cl2N2O2. The fourth-order valence-electron chi connectivity index (χ4n) is 1.73. The number of ether oxygens (including phenoxy) is 1. The van der Waals surface area contributed by atoms with Gasteiger partial charge in [0.1, 0.15) is 5.75 Å². The fraction of sp³-hybridized carbons (Fsp3) is 0.133. The number of benzene rings is 2. The molecule has 0 unspecified atom stereocenters. The van der Waals surface area contributed by atoms with E-state index in [4.69, 9.17) is 27.9 Å². The van der Waals surface area contributed by atoms with Crippen LogP contribution < -0.4 is 15.4 Å². The van der Waals surface area contributed by atoms with Gasteiger partial charge in [0, 0.05) is 16.8 Å². The van der Waals surface area contributed by atoms with E-state index < -0.39 is 6.03 Å². The third-order valence-corrected chi connectivity index (χ3v) is 3.42. The van der Waals surface area contributed by atoms with Gasteiger partial charge in [0.2, 0.25) is 0 Å². The van der Waals surface area contributed by atoms with Gasteiger partial charge in [0.15, 0.2) is 0 Å². The molecule has 0 bridgehead atoms. The van der Waals surface area contributed by atoms with Gasteiger partial charge in [-0.3, -0.25) is 0 Å². The third kappa shape index (κ3) is 4.03. The van der Waals surface area contributed by atoms with E-state index in [0.717, 1.165) is 5.56 Å². The van der Waals surface area contributed by atoms with Gasteiger partial charge in [0.05, 0.1) is 17.8 Å². The van der Waals surface area contributed by atoms with E-state index in [9.17, 15) is 4.79 Å². The minimum Gasteiger partial charge on any atom is -0.497 e. The molecule has 0 saturated carbocycles. The summed E-state index contributed by atoms with van der Waals surface area (Å²) in [5.74, 6) is 0.667. The Morgan fingerprint density at radius 3 is 2.43 bits per heavy atom. The predicted molar refractivity (Wildman–Crippen MR) is 86.8 cm³/mol. The molecule has 0 radical (unpaired) electrons. The van der Waals surface area contributed by atoms with Crippen molar-refractivity contribution in [3.05, 3.63) is 52.0 Å². The topological polar surface area (TPSA) is 50.4 Å². The summed E-state index contributed by atoms with van der Waals surface area (Å²) in [5.41, 5.74) is 2.07. The van der Waals surface area contributed by atoms with Crippen LogP contribution >= 0.6 is 23.2 Å². The van der Waals surface area contributed by atoms with Gasteiger partial charge in [-0.1, -0.05) is 29.3 Å². The molecule has 21 heavy (non-hydrogen) atoms. The second kappa shape index (κ2) is 6.70. The summed E-state index contributed by atoms with van der Waals surface area (Å²) in [7, 11) is 1.57. The highest BCUT2D eigenvalue weighted by Gasteiger charge is 2.08. The molecule has 0 aliphatic heterocycles. The van der Waals surface area contributed by atoms with E-state index >= 15 is 0 Å². The Kier molecular flexibility index (Phi) is 4.94. The molecular weight excluding hydrogens is 311 g/mol. The molecule has 0 atom stereocenters. The van der Waals surface area contributed by atoms with E-state index in [1.165, 1.54) is 0 Å². The summed E-state index contributed by atoms with van der Waals surface area (Å²) in [5, 5.41) is 6.31. The Bertz CT molecular complexity index is 675. The Morgan fingerprint density at radius 1 is 1.05 bits per heavy atom. The monoisotopic (exact) mass is 324 g/mol. The Hall–Kier alpha value is -1.91. The minimum atomic E-state index is -0.393. The smallest absolute Gasteiger partial charge is 0.323 e. The predicted octanol–water partition coefficient (Wildman–Crippen LogP) is 4.95. The molecule has 0 heterocycles. The van der Waals surface area contributed by atoms with Gasteiger partial charge in [-0.15, -0.1) is 0 Å². The number of urea groups is 1. The van der Waals surface area contributed by atoms with Gasteiger partial charge in [-0.25, -0.2) is 4.79 Å². The zero-order valence-corrected chi connectivity index (χ0v) is 13.0. The van der Waals surface area contributed by atoms with Crippen LogP contribution in [0, 0.1) is 6.92 Å². The summed E-state index contributed by atoms with van der Waals surface area (Å²) in [6.07, 6.45) is 0. The molecule has 110 valence electrons. The Morgan fingerprint density at radius 2 is 1.76 bits per heavy atom. The first-order valence-electron chi connectivity index (χ1n) is 6.17. The molecule has 0 fully saturated rings. The van der Waals surface area contributed by atoms with E-state index in [-0.39, 0.29) is 0 Å². The second-order valence-corrected chi connectivity index (χ2v) is 5.23. The third-order valence-electron chi connectivity index (χ3n) is 2.87. The van der Waals surface area contributed by atoms with E-state index in [1.807, 2.05) is 19.1 Å². The molecule has 2 rings (SSSR count). The summed E-state index contributed by atoms with van der Waals surface area (Å²) in [6, 6.07) is 9.91.